The standard InChI is InChI=1S/C23H34N2O3/c1-9-12-25-19(27)23(8,24-20(25)28)11-10-15-13-16(21(2,3)4)18(26)17(14-15)22(5,6)7/h9,13-14,26H,1,10-12H2,2-8H3,(H,24,28). The van der Waals surface area contributed by atoms with Crippen molar-refractivity contribution in [1.29, 1.82) is 0 Å². The molecule has 1 unspecified atom stereocenters. The van der Waals surface area contributed by atoms with Crippen molar-refractivity contribution in [3.8, 4) is 5.75 Å². The number of hydrogen-bond acceptors (Lipinski definition) is 3. The lowest BCUT2D eigenvalue weighted by molar-refractivity contribution is -0.130. The largest absolute Gasteiger partial charge is 0.507 e. The van der Waals surface area contributed by atoms with Crippen molar-refractivity contribution in [2.75, 3.05) is 6.54 Å². The Bertz CT molecular complexity index is 764. The van der Waals surface area contributed by atoms with Gasteiger partial charge in [-0.1, -0.05) is 59.8 Å². The highest BCUT2D eigenvalue weighted by Gasteiger charge is 2.46. The molecule has 1 aliphatic rings. The summed E-state index contributed by atoms with van der Waals surface area (Å²) in [7, 11) is 0. The van der Waals surface area contributed by atoms with Crippen LogP contribution in [-0.4, -0.2) is 34.0 Å². The Labute approximate surface area is 168 Å². The quantitative estimate of drug-likeness (QED) is 0.581. The van der Waals surface area contributed by atoms with Crippen LogP contribution in [0.15, 0.2) is 24.8 Å². The number of benzene rings is 1. The summed E-state index contributed by atoms with van der Waals surface area (Å²) < 4.78 is 0. The van der Waals surface area contributed by atoms with E-state index in [4.69, 9.17) is 0 Å². The third-order valence-corrected chi connectivity index (χ3v) is 5.36. The molecule has 0 aromatic heterocycles. The van der Waals surface area contributed by atoms with E-state index in [0.29, 0.717) is 18.6 Å². The normalized spacial score (nSPS) is 20.5. The molecule has 1 heterocycles. The van der Waals surface area contributed by atoms with E-state index in [0.717, 1.165) is 16.7 Å². The minimum atomic E-state index is -0.929. The second-order valence-corrected chi connectivity index (χ2v) is 10.0. The molecule has 1 fully saturated rings. The summed E-state index contributed by atoms with van der Waals surface area (Å²) >= 11 is 0. The van der Waals surface area contributed by atoms with E-state index in [9.17, 15) is 14.7 Å². The van der Waals surface area contributed by atoms with Crippen molar-refractivity contribution < 1.29 is 14.7 Å². The molecule has 0 bridgehead atoms. The predicted molar refractivity (Wildman–Crippen MR) is 113 cm³/mol. The maximum absolute atomic E-state index is 12.7. The zero-order valence-electron chi connectivity index (χ0n) is 18.3. The third kappa shape index (κ3) is 4.23. The summed E-state index contributed by atoms with van der Waals surface area (Å²) in [5.41, 5.74) is 1.51. The highest BCUT2D eigenvalue weighted by atomic mass is 16.3. The van der Waals surface area contributed by atoms with Gasteiger partial charge in [-0.3, -0.25) is 9.69 Å². The highest BCUT2D eigenvalue weighted by molar-refractivity contribution is 6.06. The number of phenols is 1. The number of urea groups is 1. The number of aromatic hydroxyl groups is 1. The van der Waals surface area contributed by atoms with Gasteiger partial charge >= 0.3 is 6.03 Å². The number of aryl methyl sites for hydroxylation is 1. The lowest BCUT2D eigenvalue weighted by atomic mass is 9.77. The molecule has 2 rings (SSSR count). The van der Waals surface area contributed by atoms with Crippen molar-refractivity contribution in [2.45, 2.75) is 77.7 Å². The molecule has 2 N–H and O–H groups in total. The second kappa shape index (κ2) is 7.26. The number of phenolic OH excluding ortho intramolecular Hbond substituents is 1. The van der Waals surface area contributed by atoms with E-state index in [2.05, 4.69) is 53.4 Å². The van der Waals surface area contributed by atoms with Gasteiger partial charge in [-0.25, -0.2) is 4.79 Å². The first kappa shape index (κ1) is 22.0. The summed E-state index contributed by atoms with van der Waals surface area (Å²) in [6, 6.07) is 3.68. The van der Waals surface area contributed by atoms with Gasteiger partial charge in [-0.15, -0.1) is 6.58 Å². The second-order valence-electron chi connectivity index (χ2n) is 10.0. The van der Waals surface area contributed by atoms with Gasteiger partial charge in [0, 0.05) is 6.54 Å². The fourth-order valence-electron chi connectivity index (χ4n) is 3.59. The number of nitrogens with one attached hydrogen (secondary N) is 1. The summed E-state index contributed by atoms with van der Waals surface area (Å²) in [6.07, 6.45) is 2.66. The van der Waals surface area contributed by atoms with Crippen molar-refractivity contribution in [3.63, 3.8) is 0 Å². The van der Waals surface area contributed by atoms with Crippen LogP contribution < -0.4 is 5.32 Å². The van der Waals surface area contributed by atoms with Crippen LogP contribution in [0.3, 0.4) is 0 Å². The van der Waals surface area contributed by atoms with Gasteiger partial charge in [-0.05, 0) is 47.3 Å². The maximum atomic E-state index is 12.7. The average Bonchev–Trinajstić information content (AvgIpc) is 2.76. The third-order valence-electron chi connectivity index (χ3n) is 5.36. The van der Waals surface area contributed by atoms with E-state index in [1.165, 1.54) is 4.90 Å². The van der Waals surface area contributed by atoms with E-state index < -0.39 is 5.54 Å². The van der Waals surface area contributed by atoms with E-state index >= 15 is 0 Å². The van der Waals surface area contributed by atoms with Crippen LogP contribution >= 0.6 is 0 Å². The van der Waals surface area contributed by atoms with Crippen LogP contribution in [-0.2, 0) is 22.0 Å². The Morgan fingerprint density at radius 3 is 2.04 bits per heavy atom. The summed E-state index contributed by atoms with van der Waals surface area (Å²) in [6.45, 7) is 18.1. The average molecular weight is 387 g/mol. The first-order chi connectivity index (χ1) is 12.7. The minimum absolute atomic E-state index is 0.206. The Kier molecular flexibility index (Phi) is 5.71. The molecular weight excluding hydrogens is 352 g/mol. The Balaban J connectivity index is 2.35. The van der Waals surface area contributed by atoms with Crippen molar-refractivity contribution >= 4 is 11.9 Å². The zero-order valence-corrected chi connectivity index (χ0v) is 18.3. The molecule has 5 heteroatoms. The van der Waals surface area contributed by atoms with Gasteiger partial charge in [0.2, 0.25) is 0 Å². The van der Waals surface area contributed by atoms with Gasteiger partial charge in [-0.2, -0.15) is 0 Å². The number of hydrogen-bond donors (Lipinski definition) is 2. The van der Waals surface area contributed by atoms with E-state index in [1.54, 1.807) is 13.0 Å². The molecular formula is C23H34N2O3. The Morgan fingerprint density at radius 2 is 1.61 bits per heavy atom. The van der Waals surface area contributed by atoms with Crippen molar-refractivity contribution in [1.82, 2.24) is 10.2 Å². The summed E-state index contributed by atoms with van der Waals surface area (Å²) in [4.78, 5) is 26.0. The highest BCUT2D eigenvalue weighted by Crippen LogP contribution is 2.40. The van der Waals surface area contributed by atoms with Gasteiger partial charge in [0.05, 0.1) is 0 Å². The first-order valence-electron chi connectivity index (χ1n) is 9.82. The van der Waals surface area contributed by atoms with Gasteiger partial charge in [0.1, 0.15) is 11.3 Å². The predicted octanol–water partition coefficient (Wildman–Crippen LogP) is 4.42. The monoisotopic (exact) mass is 386 g/mol. The molecule has 1 atom stereocenters. The molecule has 1 aliphatic heterocycles. The smallest absolute Gasteiger partial charge is 0.325 e. The van der Waals surface area contributed by atoms with E-state index in [1.807, 2.05) is 12.1 Å². The molecule has 1 saturated heterocycles. The minimum Gasteiger partial charge on any atom is -0.507 e. The zero-order chi connectivity index (χ0) is 21.5. The number of amides is 3. The number of imide groups is 1. The Hall–Kier alpha value is -2.30. The maximum Gasteiger partial charge on any atom is 0.325 e. The summed E-state index contributed by atoms with van der Waals surface area (Å²) in [5.74, 6) is 0.126. The first-order valence-corrected chi connectivity index (χ1v) is 9.82. The van der Waals surface area contributed by atoms with Crippen LogP contribution in [0.2, 0.25) is 0 Å². The molecule has 3 amide bonds. The van der Waals surface area contributed by atoms with Crippen LogP contribution in [0.1, 0.15) is 71.6 Å². The molecule has 28 heavy (non-hydrogen) atoms. The fraction of sp³-hybridized carbons (Fsp3) is 0.565. The number of carbonyl (C=O) groups excluding carboxylic acids is 2. The molecule has 0 aliphatic carbocycles. The molecule has 0 saturated carbocycles. The summed E-state index contributed by atoms with van der Waals surface area (Å²) in [5, 5.41) is 13.7. The van der Waals surface area contributed by atoms with Gasteiger partial charge in [0.25, 0.3) is 5.91 Å². The molecule has 1 aromatic rings. The van der Waals surface area contributed by atoms with E-state index in [-0.39, 0.29) is 29.3 Å². The number of rotatable bonds is 5. The fourth-order valence-corrected chi connectivity index (χ4v) is 3.59. The SMILES string of the molecule is C=CCN1C(=O)NC(C)(CCc2cc(C(C)(C)C)c(O)c(C(C)(C)C)c2)C1=O. The lowest BCUT2D eigenvalue weighted by Gasteiger charge is -2.29. The number of nitrogens with zero attached hydrogens (tertiary/aromatic N) is 1. The van der Waals surface area contributed by atoms with Crippen LogP contribution in [0, 0.1) is 0 Å². The molecule has 1 aromatic carbocycles. The lowest BCUT2D eigenvalue weighted by Crippen LogP contribution is -2.44. The molecule has 154 valence electrons. The van der Waals surface area contributed by atoms with Crippen LogP contribution in [0.4, 0.5) is 4.79 Å². The molecule has 5 nitrogen and oxygen atoms in total. The van der Waals surface area contributed by atoms with Gasteiger partial charge in [0.15, 0.2) is 0 Å². The van der Waals surface area contributed by atoms with Crippen LogP contribution in [0.25, 0.3) is 0 Å². The van der Waals surface area contributed by atoms with Crippen molar-refractivity contribution in [2.24, 2.45) is 0 Å². The van der Waals surface area contributed by atoms with Crippen molar-refractivity contribution in [3.05, 3.63) is 41.5 Å². The van der Waals surface area contributed by atoms with Gasteiger partial charge < -0.3 is 10.4 Å². The molecule has 0 spiro atoms. The molecule has 0 radical (unpaired) electrons. The Morgan fingerprint density at radius 1 is 1.11 bits per heavy atom. The topological polar surface area (TPSA) is 69.6 Å². The van der Waals surface area contributed by atoms with Crippen LogP contribution in [0.5, 0.6) is 5.75 Å². The number of carbonyl (C=O) groups is 2.